The van der Waals surface area contributed by atoms with E-state index in [4.69, 9.17) is 10.8 Å². The van der Waals surface area contributed by atoms with Crippen LogP contribution in [0.3, 0.4) is 0 Å². The van der Waals surface area contributed by atoms with Gasteiger partial charge in [0.15, 0.2) is 5.11 Å². The smallest absolute Gasteiger partial charge is 0.281 e. The second-order valence-corrected chi connectivity index (χ2v) is 3.91. The van der Waals surface area contributed by atoms with Gasteiger partial charge in [0.1, 0.15) is 0 Å². The van der Waals surface area contributed by atoms with Crippen LogP contribution in [-0.4, -0.2) is 26.7 Å². The average molecular weight is 286 g/mol. The Morgan fingerprint density at radius 1 is 1.37 bits per heavy atom. The van der Waals surface area contributed by atoms with E-state index in [9.17, 15) is 20.2 Å². The lowest BCUT2D eigenvalue weighted by Crippen LogP contribution is -2.20. The first-order valence-electron chi connectivity index (χ1n) is 4.99. The van der Waals surface area contributed by atoms with Gasteiger partial charge in [0.05, 0.1) is 27.2 Å². The Morgan fingerprint density at radius 3 is 2.42 bits per heavy atom. The van der Waals surface area contributed by atoms with Crippen LogP contribution in [-0.2, 0) is 6.42 Å². The number of nitrogens with two attached hydrogens (primary N) is 1. The molecule has 1 aromatic carbocycles. The highest BCUT2D eigenvalue weighted by Crippen LogP contribution is 2.32. The fraction of sp³-hybridized carbons (Fsp3) is 0.222. The number of nitrogens with zero attached hydrogens (tertiary/aromatic N) is 2. The Balaban J connectivity index is 3.49. The summed E-state index contributed by atoms with van der Waals surface area (Å²) in [5.41, 5.74) is 4.47. The topological polar surface area (TPSA) is 145 Å². The summed E-state index contributed by atoms with van der Waals surface area (Å²) >= 11 is 4.60. The molecule has 0 aromatic heterocycles. The molecule has 102 valence electrons. The Kier molecular flexibility index (Phi) is 4.67. The summed E-state index contributed by atoms with van der Waals surface area (Å²) < 4.78 is 0. The van der Waals surface area contributed by atoms with Crippen LogP contribution in [0.1, 0.15) is 5.56 Å². The highest BCUT2D eigenvalue weighted by atomic mass is 32.1. The Labute approximate surface area is 112 Å². The minimum Gasteiger partial charge on any atom is -0.396 e. The van der Waals surface area contributed by atoms with E-state index in [-0.39, 0.29) is 29.4 Å². The molecular weight excluding hydrogens is 276 g/mol. The van der Waals surface area contributed by atoms with Crippen LogP contribution < -0.4 is 11.1 Å². The van der Waals surface area contributed by atoms with Crippen LogP contribution in [0.15, 0.2) is 12.1 Å². The molecule has 4 N–H and O–H groups in total. The van der Waals surface area contributed by atoms with Crippen molar-refractivity contribution in [1.82, 2.24) is 0 Å². The van der Waals surface area contributed by atoms with E-state index in [2.05, 4.69) is 17.5 Å². The van der Waals surface area contributed by atoms with E-state index in [0.29, 0.717) is 0 Å². The number of nitrogens with one attached hydrogen (secondary N) is 1. The maximum atomic E-state index is 10.9. The normalized spacial score (nSPS) is 9.95. The molecule has 10 heteroatoms. The summed E-state index contributed by atoms with van der Waals surface area (Å²) in [5, 5.41) is 32.8. The van der Waals surface area contributed by atoms with E-state index in [1.807, 2.05) is 0 Å². The van der Waals surface area contributed by atoms with Gasteiger partial charge in [0, 0.05) is 19.1 Å². The van der Waals surface area contributed by atoms with Crippen molar-refractivity contribution in [3.63, 3.8) is 0 Å². The second kappa shape index (κ2) is 6.02. The number of benzene rings is 1. The van der Waals surface area contributed by atoms with Gasteiger partial charge in [0.25, 0.3) is 11.4 Å². The predicted octanol–water partition coefficient (Wildman–Crippen LogP) is 0.693. The van der Waals surface area contributed by atoms with Gasteiger partial charge in [-0.1, -0.05) is 0 Å². The second-order valence-electron chi connectivity index (χ2n) is 3.47. The van der Waals surface area contributed by atoms with Crippen molar-refractivity contribution in [1.29, 1.82) is 0 Å². The minimum atomic E-state index is -0.763. The molecule has 0 aliphatic carbocycles. The number of anilines is 1. The van der Waals surface area contributed by atoms with Crippen LogP contribution in [0.5, 0.6) is 0 Å². The molecule has 0 radical (unpaired) electrons. The number of rotatable bonds is 5. The third kappa shape index (κ3) is 3.56. The first kappa shape index (κ1) is 14.7. The van der Waals surface area contributed by atoms with Crippen molar-refractivity contribution in [3.8, 4) is 0 Å². The van der Waals surface area contributed by atoms with Gasteiger partial charge in [-0.3, -0.25) is 20.2 Å². The molecule has 9 nitrogen and oxygen atoms in total. The highest BCUT2D eigenvalue weighted by Gasteiger charge is 2.23. The molecule has 0 fully saturated rings. The lowest BCUT2D eigenvalue weighted by Gasteiger charge is -2.10. The number of hydrogen-bond acceptors (Lipinski definition) is 6. The van der Waals surface area contributed by atoms with Gasteiger partial charge in [-0.25, -0.2) is 0 Å². The Bertz CT molecular complexity index is 548. The standard InChI is InChI=1S/C9H10N4O5S/c10-9(19)11-7-3-5(12(15)16)4-8(13(17)18)6(7)1-2-14/h3-4,14H,1-2H2,(H3,10,11,19). The van der Waals surface area contributed by atoms with Gasteiger partial charge in [-0.2, -0.15) is 0 Å². The minimum absolute atomic E-state index is 0.0439. The molecule has 0 saturated heterocycles. The molecular formula is C9H10N4O5S. The van der Waals surface area contributed by atoms with Gasteiger partial charge in [0.2, 0.25) is 0 Å². The van der Waals surface area contributed by atoms with E-state index in [1.54, 1.807) is 0 Å². The quantitative estimate of drug-likeness (QED) is 0.407. The van der Waals surface area contributed by atoms with Crippen molar-refractivity contribution >= 4 is 34.4 Å². The third-order valence-electron chi connectivity index (χ3n) is 2.24. The number of aliphatic hydroxyl groups is 1. The molecule has 0 saturated carbocycles. The summed E-state index contributed by atoms with van der Waals surface area (Å²) in [6, 6.07) is 1.91. The van der Waals surface area contributed by atoms with Crippen LogP contribution in [0.25, 0.3) is 0 Å². The first-order valence-corrected chi connectivity index (χ1v) is 5.40. The van der Waals surface area contributed by atoms with Crippen molar-refractivity contribution in [2.45, 2.75) is 6.42 Å². The predicted molar refractivity (Wildman–Crippen MR) is 70.9 cm³/mol. The highest BCUT2D eigenvalue weighted by molar-refractivity contribution is 7.80. The maximum Gasteiger partial charge on any atom is 0.281 e. The Morgan fingerprint density at radius 2 is 2.00 bits per heavy atom. The number of nitro benzene ring substituents is 2. The van der Waals surface area contributed by atoms with Crippen LogP contribution in [0.4, 0.5) is 17.1 Å². The van der Waals surface area contributed by atoms with Crippen molar-refractivity contribution in [2.75, 3.05) is 11.9 Å². The zero-order valence-electron chi connectivity index (χ0n) is 9.53. The summed E-state index contributed by atoms with van der Waals surface area (Å²) in [6.45, 7) is -0.356. The lowest BCUT2D eigenvalue weighted by molar-refractivity contribution is -0.394. The van der Waals surface area contributed by atoms with E-state index in [0.717, 1.165) is 12.1 Å². The molecule has 0 bridgehead atoms. The zero-order chi connectivity index (χ0) is 14.6. The number of aliphatic hydroxyl groups excluding tert-OH is 1. The largest absolute Gasteiger partial charge is 0.396 e. The van der Waals surface area contributed by atoms with Crippen molar-refractivity contribution in [3.05, 3.63) is 37.9 Å². The fourth-order valence-corrected chi connectivity index (χ4v) is 1.64. The van der Waals surface area contributed by atoms with Gasteiger partial charge < -0.3 is 16.2 Å². The van der Waals surface area contributed by atoms with Crippen LogP contribution >= 0.6 is 12.2 Å². The monoisotopic (exact) mass is 286 g/mol. The number of nitro groups is 2. The number of thiocarbonyl (C=S) groups is 1. The molecule has 1 aromatic rings. The zero-order valence-corrected chi connectivity index (χ0v) is 10.3. The lowest BCUT2D eigenvalue weighted by atomic mass is 10.1. The van der Waals surface area contributed by atoms with E-state index >= 15 is 0 Å². The average Bonchev–Trinajstić information content (AvgIpc) is 2.29. The first-order chi connectivity index (χ1) is 8.86. The molecule has 0 heterocycles. The summed E-state index contributed by atoms with van der Waals surface area (Å²) in [6.07, 6.45) is -0.0563. The van der Waals surface area contributed by atoms with E-state index in [1.165, 1.54) is 0 Å². The molecule has 19 heavy (non-hydrogen) atoms. The summed E-state index contributed by atoms with van der Waals surface area (Å²) in [5.74, 6) is 0. The number of hydrogen-bond donors (Lipinski definition) is 3. The molecule has 1 rings (SSSR count). The van der Waals surface area contributed by atoms with Crippen LogP contribution in [0.2, 0.25) is 0 Å². The van der Waals surface area contributed by atoms with Gasteiger partial charge in [-0.15, -0.1) is 0 Å². The Hall–Kier alpha value is -2.33. The molecule has 0 aliphatic heterocycles. The van der Waals surface area contributed by atoms with Crippen molar-refractivity contribution in [2.24, 2.45) is 5.73 Å². The van der Waals surface area contributed by atoms with Crippen molar-refractivity contribution < 1.29 is 15.0 Å². The van der Waals surface area contributed by atoms with Gasteiger partial charge in [-0.05, 0) is 12.2 Å². The molecule has 0 atom stereocenters. The SMILES string of the molecule is NC(=S)Nc1cc([N+](=O)[O-])cc([N+](=O)[O-])c1CCO. The molecule has 0 spiro atoms. The maximum absolute atomic E-state index is 10.9. The number of non-ortho nitro benzene ring substituents is 1. The molecule has 0 aliphatic rings. The fourth-order valence-electron chi connectivity index (χ4n) is 1.53. The summed E-state index contributed by atoms with van der Waals surface area (Å²) in [7, 11) is 0. The van der Waals surface area contributed by atoms with E-state index < -0.39 is 21.2 Å². The molecule has 0 amide bonds. The third-order valence-corrected chi connectivity index (χ3v) is 2.34. The molecule has 0 unspecified atom stereocenters. The van der Waals surface area contributed by atoms with Crippen LogP contribution in [0, 0.1) is 20.2 Å². The summed E-state index contributed by atoms with van der Waals surface area (Å²) in [4.78, 5) is 20.1. The van der Waals surface area contributed by atoms with Gasteiger partial charge >= 0.3 is 0 Å².